The van der Waals surface area contributed by atoms with Gasteiger partial charge in [-0.05, 0) is 17.7 Å². The third kappa shape index (κ3) is 2.02. The van der Waals surface area contributed by atoms with Crippen molar-refractivity contribution in [2.75, 3.05) is 27.2 Å². The minimum Gasteiger partial charge on any atom is -0.497 e. The monoisotopic (exact) mass is 220 g/mol. The summed E-state index contributed by atoms with van der Waals surface area (Å²) >= 11 is 0. The zero-order valence-corrected chi connectivity index (χ0v) is 9.56. The van der Waals surface area contributed by atoms with Crippen molar-refractivity contribution in [1.29, 1.82) is 0 Å². The van der Waals surface area contributed by atoms with Crippen molar-refractivity contribution >= 4 is 5.91 Å². The van der Waals surface area contributed by atoms with Gasteiger partial charge in [0.05, 0.1) is 19.7 Å². The molecule has 0 bridgehead atoms. The Morgan fingerprint density at radius 1 is 1.38 bits per heavy atom. The zero-order valence-electron chi connectivity index (χ0n) is 9.56. The van der Waals surface area contributed by atoms with E-state index in [1.165, 1.54) is 0 Å². The Bertz CT molecular complexity index is 375. The van der Waals surface area contributed by atoms with Crippen LogP contribution >= 0.6 is 0 Å². The minimum absolute atomic E-state index is 0.118. The first-order valence-corrected chi connectivity index (χ1v) is 5.32. The summed E-state index contributed by atoms with van der Waals surface area (Å²) in [6.45, 7) is 1.23. The van der Waals surface area contributed by atoms with E-state index in [1.807, 2.05) is 31.3 Å². The number of hydrogen-bond acceptors (Lipinski definition) is 3. The van der Waals surface area contributed by atoms with Crippen molar-refractivity contribution < 1.29 is 9.53 Å². The number of hydrogen-bond donors (Lipinski definition) is 1. The molecule has 1 aliphatic rings. The summed E-state index contributed by atoms with van der Waals surface area (Å²) in [6, 6.07) is 7.96. The quantitative estimate of drug-likeness (QED) is 0.801. The maximum absolute atomic E-state index is 11.5. The van der Waals surface area contributed by atoms with Gasteiger partial charge >= 0.3 is 0 Å². The van der Waals surface area contributed by atoms with Crippen molar-refractivity contribution in [3.63, 3.8) is 0 Å². The van der Waals surface area contributed by atoms with Crippen molar-refractivity contribution in [3.05, 3.63) is 29.8 Å². The minimum atomic E-state index is 0.118. The van der Waals surface area contributed by atoms with Gasteiger partial charge in [0.15, 0.2) is 0 Å². The molecule has 0 aromatic heterocycles. The van der Waals surface area contributed by atoms with Crippen LogP contribution in [-0.2, 0) is 4.79 Å². The standard InChI is InChI=1S/C12H16N2O2/c1-14-11(7-13-8-12(14)15)9-3-5-10(16-2)6-4-9/h3-6,11,13H,7-8H2,1-2H3. The molecule has 0 aliphatic carbocycles. The van der Waals surface area contributed by atoms with Crippen LogP contribution in [0.4, 0.5) is 0 Å². The molecule has 1 amide bonds. The van der Waals surface area contributed by atoms with Gasteiger partial charge in [0.2, 0.25) is 5.91 Å². The fraction of sp³-hybridized carbons (Fsp3) is 0.417. The molecule has 4 nitrogen and oxygen atoms in total. The van der Waals surface area contributed by atoms with Crippen molar-refractivity contribution in [2.24, 2.45) is 0 Å². The molecule has 1 atom stereocenters. The van der Waals surface area contributed by atoms with Crippen molar-refractivity contribution in [1.82, 2.24) is 10.2 Å². The number of nitrogens with zero attached hydrogens (tertiary/aromatic N) is 1. The van der Waals surface area contributed by atoms with Gasteiger partial charge in [0.25, 0.3) is 0 Å². The zero-order chi connectivity index (χ0) is 11.5. The maximum Gasteiger partial charge on any atom is 0.236 e. The van der Waals surface area contributed by atoms with E-state index < -0.39 is 0 Å². The first-order chi connectivity index (χ1) is 7.72. The van der Waals surface area contributed by atoms with Crippen molar-refractivity contribution in [2.45, 2.75) is 6.04 Å². The lowest BCUT2D eigenvalue weighted by Gasteiger charge is -2.33. The second-order valence-electron chi connectivity index (χ2n) is 3.92. The summed E-state index contributed by atoms with van der Waals surface area (Å²) in [6.07, 6.45) is 0. The van der Waals surface area contributed by atoms with E-state index in [9.17, 15) is 4.79 Å². The smallest absolute Gasteiger partial charge is 0.236 e. The van der Waals surface area contributed by atoms with Gasteiger partial charge in [-0.25, -0.2) is 0 Å². The Hall–Kier alpha value is -1.55. The predicted molar refractivity (Wildman–Crippen MR) is 61.4 cm³/mol. The van der Waals surface area contributed by atoms with Crippen LogP contribution in [0.15, 0.2) is 24.3 Å². The van der Waals surface area contributed by atoms with Crippen molar-refractivity contribution in [3.8, 4) is 5.75 Å². The molecule has 2 rings (SSSR count). The molecule has 16 heavy (non-hydrogen) atoms. The molecular formula is C12H16N2O2. The summed E-state index contributed by atoms with van der Waals surface area (Å²) in [5, 5.41) is 3.12. The molecule has 1 aromatic rings. The average molecular weight is 220 g/mol. The van der Waals surface area contributed by atoms with Crippen LogP contribution in [-0.4, -0.2) is 38.1 Å². The van der Waals surface area contributed by atoms with Crippen LogP contribution in [0, 0.1) is 0 Å². The number of benzene rings is 1. The van der Waals surface area contributed by atoms with E-state index in [1.54, 1.807) is 12.0 Å². The normalized spacial score (nSPS) is 21.0. The molecule has 1 aliphatic heterocycles. The molecule has 1 heterocycles. The molecule has 1 saturated heterocycles. The molecular weight excluding hydrogens is 204 g/mol. The van der Waals surface area contributed by atoms with Gasteiger partial charge in [-0.1, -0.05) is 12.1 Å². The topological polar surface area (TPSA) is 41.6 Å². The van der Waals surface area contributed by atoms with Crippen LogP contribution in [0.2, 0.25) is 0 Å². The van der Waals surface area contributed by atoms with Gasteiger partial charge in [0.1, 0.15) is 5.75 Å². The first kappa shape index (κ1) is 11.0. The van der Waals surface area contributed by atoms with E-state index in [2.05, 4.69) is 5.32 Å². The first-order valence-electron chi connectivity index (χ1n) is 5.32. The molecule has 0 saturated carbocycles. The summed E-state index contributed by atoms with van der Waals surface area (Å²) in [5.74, 6) is 0.966. The van der Waals surface area contributed by atoms with Crippen LogP contribution in [0.1, 0.15) is 11.6 Å². The van der Waals surface area contributed by atoms with Crippen LogP contribution < -0.4 is 10.1 Å². The van der Waals surface area contributed by atoms with Gasteiger partial charge in [-0.15, -0.1) is 0 Å². The van der Waals surface area contributed by atoms with Crippen LogP contribution in [0.25, 0.3) is 0 Å². The molecule has 4 heteroatoms. The molecule has 0 spiro atoms. The number of carbonyl (C=O) groups is 1. The lowest BCUT2D eigenvalue weighted by molar-refractivity contribution is -0.133. The van der Waals surface area contributed by atoms with E-state index in [-0.39, 0.29) is 11.9 Å². The highest BCUT2D eigenvalue weighted by Crippen LogP contribution is 2.23. The number of methoxy groups -OCH3 is 1. The molecule has 1 unspecified atom stereocenters. The Kier molecular flexibility index (Phi) is 3.10. The molecule has 1 fully saturated rings. The third-order valence-corrected chi connectivity index (χ3v) is 2.98. The Morgan fingerprint density at radius 2 is 2.06 bits per heavy atom. The number of nitrogens with one attached hydrogen (secondary N) is 1. The molecule has 1 N–H and O–H groups in total. The largest absolute Gasteiger partial charge is 0.497 e. The molecule has 1 aromatic carbocycles. The highest BCUT2D eigenvalue weighted by molar-refractivity contribution is 5.79. The van der Waals surface area contributed by atoms with E-state index >= 15 is 0 Å². The lowest BCUT2D eigenvalue weighted by Crippen LogP contribution is -2.47. The van der Waals surface area contributed by atoms with E-state index in [0.29, 0.717) is 6.54 Å². The highest BCUT2D eigenvalue weighted by atomic mass is 16.5. The fourth-order valence-corrected chi connectivity index (χ4v) is 1.92. The van der Waals surface area contributed by atoms with Gasteiger partial charge in [-0.3, -0.25) is 4.79 Å². The Morgan fingerprint density at radius 3 is 2.69 bits per heavy atom. The number of amides is 1. The van der Waals surface area contributed by atoms with Crippen LogP contribution in [0.5, 0.6) is 5.75 Å². The second-order valence-corrected chi connectivity index (χ2v) is 3.92. The second kappa shape index (κ2) is 4.53. The number of likely N-dealkylation sites (N-methyl/N-ethyl adjacent to an activating group) is 1. The SMILES string of the molecule is COc1ccc(C2CNCC(=O)N2C)cc1. The molecule has 0 radical (unpaired) electrons. The summed E-state index contributed by atoms with van der Waals surface area (Å²) < 4.78 is 5.11. The summed E-state index contributed by atoms with van der Waals surface area (Å²) in [4.78, 5) is 13.3. The fourth-order valence-electron chi connectivity index (χ4n) is 1.92. The number of carbonyl (C=O) groups excluding carboxylic acids is 1. The van der Waals surface area contributed by atoms with Crippen LogP contribution in [0.3, 0.4) is 0 Å². The van der Waals surface area contributed by atoms with Gasteiger partial charge in [-0.2, -0.15) is 0 Å². The third-order valence-electron chi connectivity index (χ3n) is 2.98. The number of piperazine rings is 1. The summed E-state index contributed by atoms with van der Waals surface area (Å²) in [5.41, 5.74) is 1.13. The van der Waals surface area contributed by atoms with Gasteiger partial charge in [0, 0.05) is 13.6 Å². The Labute approximate surface area is 95.2 Å². The number of rotatable bonds is 2. The average Bonchev–Trinajstić information content (AvgIpc) is 2.33. The predicted octanol–water partition coefficient (Wildman–Crippen LogP) is 0.798. The Balaban J connectivity index is 2.19. The van der Waals surface area contributed by atoms with E-state index in [4.69, 9.17) is 4.74 Å². The lowest BCUT2D eigenvalue weighted by atomic mass is 10.0. The number of ether oxygens (including phenoxy) is 1. The summed E-state index contributed by atoms with van der Waals surface area (Å²) in [7, 11) is 3.49. The highest BCUT2D eigenvalue weighted by Gasteiger charge is 2.25. The van der Waals surface area contributed by atoms with E-state index in [0.717, 1.165) is 17.9 Å². The molecule has 86 valence electrons. The van der Waals surface area contributed by atoms with Gasteiger partial charge < -0.3 is 15.0 Å². The maximum atomic E-state index is 11.5.